The number of aromatic nitrogens is 2. The Morgan fingerprint density at radius 1 is 0.907 bits per heavy atom. The maximum absolute atomic E-state index is 12.3. The van der Waals surface area contributed by atoms with Gasteiger partial charge in [0.1, 0.15) is 16.9 Å². The van der Waals surface area contributed by atoms with Crippen molar-refractivity contribution in [3.8, 4) is 23.7 Å². The van der Waals surface area contributed by atoms with E-state index in [1.165, 1.54) is 6.20 Å². The van der Waals surface area contributed by atoms with Crippen molar-refractivity contribution in [2.45, 2.75) is 81.6 Å². The van der Waals surface area contributed by atoms with Gasteiger partial charge in [-0.25, -0.2) is 4.98 Å². The van der Waals surface area contributed by atoms with E-state index in [1.54, 1.807) is 30.5 Å². The Morgan fingerprint density at radius 2 is 1.49 bits per heavy atom. The number of hydrogen-bond acceptors (Lipinski definition) is 6. The van der Waals surface area contributed by atoms with Crippen molar-refractivity contribution in [2.24, 2.45) is 5.73 Å². The van der Waals surface area contributed by atoms with Crippen LogP contribution in [0.4, 0.5) is 0 Å². The third-order valence-corrected chi connectivity index (χ3v) is 7.84. The fraction of sp³-hybridized carbons (Fsp3) is 0.382. The zero-order valence-electron chi connectivity index (χ0n) is 24.1. The molecule has 1 heterocycles. The number of carbonyl (C=O) groups is 1. The summed E-state index contributed by atoms with van der Waals surface area (Å²) in [6, 6.07) is 14.4. The molecule has 1 amide bonds. The third-order valence-electron chi connectivity index (χ3n) is 7.37. The lowest BCUT2D eigenvalue weighted by Gasteiger charge is -2.33. The quantitative estimate of drug-likeness (QED) is 0.292. The molecule has 1 aromatic heterocycles. The topological polar surface area (TPSA) is 121 Å². The molecule has 3 aromatic rings. The smallest absolute Gasteiger partial charge is 0.271 e. The molecule has 0 unspecified atom stereocenters. The summed E-state index contributed by atoms with van der Waals surface area (Å²) in [6.45, 7) is 1.81. The van der Waals surface area contributed by atoms with E-state index in [0.717, 1.165) is 42.5 Å². The normalized spacial score (nSPS) is 24.6. The summed E-state index contributed by atoms with van der Waals surface area (Å²) < 4.78 is 0. The Morgan fingerprint density at radius 3 is 2.02 bits per heavy atom. The lowest BCUT2D eigenvalue weighted by atomic mass is 9.82. The average Bonchev–Trinajstić information content (AvgIpc) is 2.96. The second-order valence-electron chi connectivity index (χ2n) is 11.3. The average molecular weight is 620 g/mol. The number of nitrogens with one attached hydrogen (secondary N) is 1. The Hall–Kier alpha value is -3.43. The van der Waals surface area contributed by atoms with Crippen LogP contribution in [0.25, 0.3) is 0 Å². The summed E-state index contributed by atoms with van der Waals surface area (Å²) in [5.74, 6) is 11.6. The van der Waals surface area contributed by atoms with Crippen molar-refractivity contribution < 1.29 is 15.0 Å². The maximum Gasteiger partial charge on any atom is 0.271 e. The molecule has 5 N–H and O–H groups in total. The zero-order chi connectivity index (χ0) is 30.9. The van der Waals surface area contributed by atoms with E-state index >= 15 is 0 Å². The minimum Gasteiger partial charge on any atom is -0.378 e. The molecule has 5 rings (SSSR count). The van der Waals surface area contributed by atoms with E-state index in [-0.39, 0.29) is 23.7 Å². The first kappa shape index (κ1) is 32.5. The van der Waals surface area contributed by atoms with E-state index < -0.39 is 11.2 Å². The van der Waals surface area contributed by atoms with E-state index in [1.807, 2.05) is 31.2 Å². The van der Waals surface area contributed by atoms with Gasteiger partial charge < -0.3 is 21.3 Å². The van der Waals surface area contributed by atoms with E-state index in [4.69, 9.17) is 28.9 Å². The molecule has 0 saturated heterocycles. The molecule has 224 valence electrons. The van der Waals surface area contributed by atoms with Gasteiger partial charge >= 0.3 is 0 Å². The van der Waals surface area contributed by atoms with Gasteiger partial charge in [0, 0.05) is 52.3 Å². The van der Waals surface area contributed by atoms with Crippen molar-refractivity contribution in [1.82, 2.24) is 15.3 Å². The Kier molecular flexibility index (Phi) is 11.2. The first-order valence-electron chi connectivity index (χ1n) is 14.4. The number of carbonyl (C=O) groups excluding carboxylic acids is 1. The first-order chi connectivity index (χ1) is 20.5. The zero-order valence-corrected chi connectivity index (χ0v) is 25.6. The monoisotopic (exact) mass is 618 g/mol. The van der Waals surface area contributed by atoms with Gasteiger partial charge in [-0.05, 0) is 81.8 Å². The summed E-state index contributed by atoms with van der Waals surface area (Å²) >= 11 is 11.8. The van der Waals surface area contributed by atoms with Crippen LogP contribution >= 0.6 is 23.2 Å². The lowest BCUT2D eigenvalue weighted by Crippen LogP contribution is -2.45. The molecule has 0 spiro atoms. The number of hydrogen-bond donors (Lipinski definition) is 4. The highest BCUT2D eigenvalue weighted by Gasteiger charge is 2.34. The van der Waals surface area contributed by atoms with Crippen LogP contribution in [0.2, 0.25) is 10.0 Å². The summed E-state index contributed by atoms with van der Waals surface area (Å²) in [6.07, 6.45) is 8.72. The van der Waals surface area contributed by atoms with E-state index in [2.05, 4.69) is 39.0 Å². The molecule has 0 aliphatic heterocycles. The molecular weight excluding hydrogens is 583 g/mol. The number of nitrogens with zero attached hydrogens (tertiary/aromatic N) is 2. The van der Waals surface area contributed by atoms with Crippen molar-refractivity contribution in [2.75, 3.05) is 0 Å². The highest BCUT2D eigenvalue weighted by Crippen LogP contribution is 2.29. The maximum atomic E-state index is 12.3. The minimum atomic E-state index is -1.13. The van der Waals surface area contributed by atoms with Crippen molar-refractivity contribution in [3.63, 3.8) is 0 Å². The van der Waals surface area contributed by atoms with Crippen LogP contribution in [-0.2, 0) is 0 Å². The van der Waals surface area contributed by atoms with Crippen molar-refractivity contribution >= 4 is 29.1 Å². The molecule has 2 aliphatic carbocycles. The minimum absolute atomic E-state index is 0.0578. The van der Waals surface area contributed by atoms with Crippen LogP contribution in [0.1, 0.15) is 78.7 Å². The van der Waals surface area contributed by atoms with Gasteiger partial charge in [0.25, 0.3) is 5.91 Å². The second kappa shape index (κ2) is 14.8. The van der Waals surface area contributed by atoms with E-state index in [9.17, 15) is 15.0 Å². The standard InChI is InChI=1S/C20H20ClN3O2.C14H16ClNO/c1-14-12-23-18(13-22-14)19(25)24-17-6-3-8-20(26,11-17)9-7-15-4-2-5-16(21)10-15;15-12-4-1-3-11(9-12)6-8-14(17)7-2-5-13(16)10-14/h2,4-5,10,12-13,17,26H,3,6,8,11H2,1H3,(H,24,25);1,3-4,9,13,17H,2,5,7,10,16H2/t17-,20+;13-,14+/m00/s1. The van der Waals surface area contributed by atoms with Gasteiger partial charge in [0.2, 0.25) is 0 Å². The number of aliphatic hydroxyl groups is 2. The van der Waals surface area contributed by atoms with Crippen LogP contribution in [0, 0.1) is 30.6 Å². The number of aryl methyl sites for hydroxylation is 1. The van der Waals surface area contributed by atoms with Gasteiger partial charge in [0.05, 0.1) is 11.9 Å². The third kappa shape index (κ3) is 10.4. The number of benzene rings is 2. The molecule has 9 heteroatoms. The SMILES string of the molecule is Cc1cnc(C(=O)N[C@H]2CCC[C@@](O)(C#Cc3cccc(Cl)c3)C2)cn1.N[C@H]1CCC[C@@](O)(C#Cc2cccc(Cl)c2)C1. The largest absolute Gasteiger partial charge is 0.378 e. The Labute approximate surface area is 263 Å². The van der Waals surface area contributed by atoms with Crippen LogP contribution in [-0.4, -0.2) is 49.4 Å². The Bertz CT molecular complexity index is 1540. The summed E-state index contributed by atoms with van der Waals surface area (Å²) in [4.78, 5) is 20.5. The summed E-state index contributed by atoms with van der Waals surface area (Å²) in [5, 5.41) is 25.3. The number of halogens is 2. The molecule has 43 heavy (non-hydrogen) atoms. The fourth-order valence-electron chi connectivity index (χ4n) is 5.18. The highest BCUT2D eigenvalue weighted by atomic mass is 35.5. The fourth-order valence-corrected chi connectivity index (χ4v) is 5.56. The van der Waals surface area contributed by atoms with Crippen LogP contribution in [0.5, 0.6) is 0 Å². The van der Waals surface area contributed by atoms with Crippen LogP contribution in [0.3, 0.4) is 0 Å². The second-order valence-corrected chi connectivity index (χ2v) is 12.1. The molecular formula is C34H36Cl2N4O3. The molecule has 2 fully saturated rings. The van der Waals surface area contributed by atoms with Crippen molar-refractivity contribution in [1.29, 1.82) is 0 Å². The molecule has 2 saturated carbocycles. The van der Waals surface area contributed by atoms with Gasteiger partial charge in [-0.1, -0.05) is 59.0 Å². The van der Waals surface area contributed by atoms with E-state index in [0.29, 0.717) is 35.7 Å². The van der Waals surface area contributed by atoms with Gasteiger partial charge in [-0.2, -0.15) is 0 Å². The van der Waals surface area contributed by atoms with Crippen LogP contribution in [0.15, 0.2) is 60.9 Å². The number of nitrogens with two attached hydrogens (primary N) is 1. The molecule has 0 radical (unpaired) electrons. The lowest BCUT2D eigenvalue weighted by molar-refractivity contribution is 0.0451. The van der Waals surface area contributed by atoms with Gasteiger partial charge in [-0.15, -0.1) is 0 Å². The number of rotatable bonds is 2. The molecule has 7 nitrogen and oxygen atoms in total. The first-order valence-corrected chi connectivity index (χ1v) is 15.1. The van der Waals surface area contributed by atoms with Crippen molar-refractivity contribution in [3.05, 3.63) is 93.5 Å². The molecule has 2 aliphatic rings. The predicted octanol–water partition coefficient (Wildman–Crippen LogP) is 5.22. The molecule has 2 aromatic carbocycles. The number of amides is 1. The van der Waals surface area contributed by atoms with Crippen LogP contribution < -0.4 is 11.1 Å². The highest BCUT2D eigenvalue weighted by molar-refractivity contribution is 6.31. The molecule has 4 atom stereocenters. The van der Waals surface area contributed by atoms with Gasteiger partial charge in [-0.3, -0.25) is 9.78 Å². The predicted molar refractivity (Wildman–Crippen MR) is 169 cm³/mol. The van der Waals surface area contributed by atoms with Gasteiger partial charge in [0.15, 0.2) is 0 Å². The summed E-state index contributed by atoms with van der Waals surface area (Å²) in [5.41, 5.74) is 6.40. The molecule has 0 bridgehead atoms. The summed E-state index contributed by atoms with van der Waals surface area (Å²) in [7, 11) is 0. The Balaban J connectivity index is 0.000000215.